The second-order valence-electron chi connectivity index (χ2n) is 6.16. The highest BCUT2D eigenvalue weighted by molar-refractivity contribution is 6.45. The fourth-order valence-electron chi connectivity index (χ4n) is 2.86. The van der Waals surface area contributed by atoms with Crippen molar-refractivity contribution in [2.45, 2.75) is 6.92 Å². The van der Waals surface area contributed by atoms with Crippen LogP contribution in [0.4, 0.5) is 10.5 Å². The van der Waals surface area contributed by atoms with Crippen LogP contribution < -0.4 is 5.32 Å². The Bertz CT molecular complexity index is 1020. The summed E-state index contributed by atoms with van der Waals surface area (Å²) in [4.78, 5) is 62.3. The molecule has 1 saturated heterocycles. The van der Waals surface area contributed by atoms with Crippen LogP contribution in [0.15, 0.2) is 48.5 Å². The number of halogens is 1. The van der Waals surface area contributed by atoms with Crippen molar-refractivity contribution in [3.8, 4) is 0 Å². The topological polar surface area (TPSA) is 104 Å². The Kier molecular flexibility index (Phi) is 5.74. The van der Waals surface area contributed by atoms with Crippen molar-refractivity contribution in [1.82, 2.24) is 9.80 Å². The highest BCUT2D eigenvalue weighted by Crippen LogP contribution is 2.24. The van der Waals surface area contributed by atoms with E-state index < -0.39 is 30.3 Å². The lowest BCUT2D eigenvalue weighted by atomic mass is 10.0. The number of ketones is 1. The first-order valence-corrected chi connectivity index (χ1v) is 9.07. The molecule has 0 unspecified atom stereocenters. The van der Waals surface area contributed by atoms with Crippen molar-refractivity contribution in [2.75, 3.05) is 18.4 Å². The molecule has 0 saturated carbocycles. The fourth-order valence-corrected chi connectivity index (χ4v) is 3.03. The fraction of sp³-hybridized carbons (Fsp3) is 0.150. The Hall–Kier alpha value is -3.52. The van der Waals surface area contributed by atoms with E-state index in [4.69, 9.17) is 11.6 Å². The monoisotopic (exact) mass is 413 g/mol. The minimum absolute atomic E-state index is 0.0223. The van der Waals surface area contributed by atoms with Gasteiger partial charge in [-0.2, -0.15) is 0 Å². The van der Waals surface area contributed by atoms with Crippen LogP contribution in [0.2, 0.25) is 5.02 Å². The first-order chi connectivity index (χ1) is 13.8. The average molecular weight is 414 g/mol. The molecule has 1 aliphatic rings. The zero-order valence-electron chi connectivity index (χ0n) is 15.3. The quantitative estimate of drug-likeness (QED) is 0.444. The van der Waals surface area contributed by atoms with Gasteiger partial charge in [0.2, 0.25) is 5.91 Å². The standard InChI is InChI=1S/C20H16ClN3O5/c1-2-23-18(27)19(28)24(20(23)29)11-16(25)22-15-9-8-13(21)10-14(15)17(26)12-6-4-3-5-7-12/h3-10H,2,11H2,1H3,(H,22,25). The van der Waals surface area contributed by atoms with Crippen molar-refractivity contribution >= 4 is 46.8 Å². The molecule has 1 N–H and O–H groups in total. The number of hydrogen-bond acceptors (Lipinski definition) is 5. The molecule has 2 aromatic rings. The highest BCUT2D eigenvalue weighted by atomic mass is 35.5. The van der Waals surface area contributed by atoms with Gasteiger partial charge in [-0.15, -0.1) is 0 Å². The summed E-state index contributed by atoms with van der Waals surface area (Å²) in [6.45, 7) is 0.914. The van der Waals surface area contributed by atoms with E-state index >= 15 is 0 Å². The number of benzene rings is 2. The average Bonchev–Trinajstić information content (AvgIpc) is 2.92. The Morgan fingerprint density at radius 3 is 2.24 bits per heavy atom. The first kappa shape index (κ1) is 20.2. The van der Waals surface area contributed by atoms with Gasteiger partial charge in [-0.1, -0.05) is 41.9 Å². The summed E-state index contributed by atoms with van der Waals surface area (Å²) in [5.74, 6) is -3.13. The van der Waals surface area contributed by atoms with Crippen LogP contribution in [-0.2, 0) is 14.4 Å². The lowest BCUT2D eigenvalue weighted by Crippen LogP contribution is -2.39. The maximum atomic E-state index is 12.8. The van der Waals surface area contributed by atoms with E-state index in [2.05, 4.69) is 5.32 Å². The van der Waals surface area contributed by atoms with E-state index in [1.54, 1.807) is 37.3 Å². The van der Waals surface area contributed by atoms with Gasteiger partial charge in [0.05, 0.1) is 5.69 Å². The Balaban J connectivity index is 1.81. The van der Waals surface area contributed by atoms with Gasteiger partial charge < -0.3 is 5.32 Å². The smallest absolute Gasteiger partial charge is 0.324 e. The Morgan fingerprint density at radius 1 is 0.966 bits per heavy atom. The zero-order chi connectivity index (χ0) is 21.1. The molecule has 0 bridgehead atoms. The minimum atomic E-state index is -1.07. The molecule has 0 atom stereocenters. The second-order valence-corrected chi connectivity index (χ2v) is 6.59. The van der Waals surface area contributed by atoms with Gasteiger partial charge >= 0.3 is 17.8 Å². The van der Waals surface area contributed by atoms with Crippen LogP contribution in [0.5, 0.6) is 0 Å². The van der Waals surface area contributed by atoms with Gasteiger partial charge in [0.25, 0.3) is 0 Å². The summed E-state index contributed by atoms with van der Waals surface area (Å²) in [5.41, 5.74) is 0.729. The molecule has 8 nitrogen and oxygen atoms in total. The first-order valence-electron chi connectivity index (χ1n) is 8.70. The molecule has 1 heterocycles. The van der Waals surface area contributed by atoms with Gasteiger partial charge in [-0.3, -0.25) is 24.1 Å². The molecule has 0 radical (unpaired) electrons. The number of nitrogens with one attached hydrogen (secondary N) is 1. The number of carbonyl (C=O) groups is 5. The van der Waals surface area contributed by atoms with Crippen molar-refractivity contribution < 1.29 is 24.0 Å². The molecule has 2 aromatic carbocycles. The van der Waals surface area contributed by atoms with E-state index in [-0.39, 0.29) is 23.6 Å². The summed E-state index contributed by atoms with van der Waals surface area (Å²) in [5, 5.41) is 2.81. The predicted molar refractivity (Wildman–Crippen MR) is 104 cm³/mol. The maximum Gasteiger partial charge on any atom is 0.334 e. The summed E-state index contributed by atoms with van der Waals surface area (Å²) in [6.07, 6.45) is 0. The van der Waals surface area contributed by atoms with E-state index in [1.807, 2.05) is 0 Å². The third-order valence-electron chi connectivity index (χ3n) is 4.29. The Labute approximate surface area is 171 Å². The van der Waals surface area contributed by atoms with Crippen LogP contribution in [0, 0.1) is 0 Å². The number of anilines is 1. The van der Waals surface area contributed by atoms with Gasteiger partial charge in [0, 0.05) is 22.7 Å². The number of amides is 5. The largest absolute Gasteiger partial charge is 0.334 e. The molecular formula is C20H16ClN3O5. The maximum absolute atomic E-state index is 12.8. The molecule has 0 aromatic heterocycles. The number of hydrogen-bond donors (Lipinski definition) is 1. The zero-order valence-corrected chi connectivity index (χ0v) is 16.1. The number of imide groups is 2. The van der Waals surface area contributed by atoms with Gasteiger partial charge in [-0.05, 0) is 25.1 Å². The number of urea groups is 1. The molecule has 148 valence electrons. The minimum Gasteiger partial charge on any atom is -0.324 e. The molecule has 9 heteroatoms. The molecular weight excluding hydrogens is 398 g/mol. The van der Waals surface area contributed by atoms with E-state index in [1.165, 1.54) is 18.2 Å². The van der Waals surface area contributed by atoms with Crippen molar-refractivity contribution in [1.29, 1.82) is 0 Å². The molecule has 5 amide bonds. The number of carbonyl (C=O) groups excluding carboxylic acids is 5. The van der Waals surface area contributed by atoms with E-state index in [0.717, 1.165) is 4.90 Å². The van der Waals surface area contributed by atoms with Crippen molar-refractivity contribution in [3.63, 3.8) is 0 Å². The SMILES string of the molecule is CCN1C(=O)C(=O)N(CC(=O)Nc2ccc(Cl)cc2C(=O)c2ccccc2)C1=O. The molecule has 0 spiro atoms. The molecule has 1 fully saturated rings. The predicted octanol–water partition coefficient (Wildman–Crippen LogP) is 2.32. The third-order valence-corrected chi connectivity index (χ3v) is 4.52. The lowest BCUT2D eigenvalue weighted by molar-refractivity contribution is -0.143. The third kappa shape index (κ3) is 4.02. The van der Waals surface area contributed by atoms with Crippen LogP contribution >= 0.6 is 11.6 Å². The van der Waals surface area contributed by atoms with Gasteiger partial charge in [0.1, 0.15) is 6.54 Å². The van der Waals surface area contributed by atoms with Crippen LogP contribution in [0.3, 0.4) is 0 Å². The van der Waals surface area contributed by atoms with Crippen LogP contribution in [0.1, 0.15) is 22.8 Å². The van der Waals surface area contributed by atoms with Gasteiger partial charge in [0.15, 0.2) is 5.78 Å². The van der Waals surface area contributed by atoms with E-state index in [0.29, 0.717) is 15.5 Å². The summed E-state index contributed by atoms with van der Waals surface area (Å²) in [6, 6.07) is 11.9. The molecule has 1 aliphatic heterocycles. The van der Waals surface area contributed by atoms with E-state index in [9.17, 15) is 24.0 Å². The highest BCUT2D eigenvalue weighted by Gasteiger charge is 2.44. The summed E-state index contributed by atoms with van der Waals surface area (Å²) >= 11 is 6.00. The van der Waals surface area contributed by atoms with Crippen molar-refractivity contribution in [3.05, 3.63) is 64.7 Å². The number of nitrogens with zero attached hydrogens (tertiary/aromatic N) is 2. The second kappa shape index (κ2) is 8.24. The van der Waals surface area contributed by atoms with Crippen LogP contribution in [-0.4, -0.2) is 52.4 Å². The van der Waals surface area contributed by atoms with Crippen molar-refractivity contribution in [2.24, 2.45) is 0 Å². The van der Waals surface area contributed by atoms with Gasteiger partial charge in [-0.25, -0.2) is 9.69 Å². The molecule has 3 rings (SSSR count). The summed E-state index contributed by atoms with van der Waals surface area (Å²) in [7, 11) is 0. The lowest BCUT2D eigenvalue weighted by Gasteiger charge is -2.15. The summed E-state index contributed by atoms with van der Waals surface area (Å²) < 4.78 is 0. The normalized spacial score (nSPS) is 13.8. The number of rotatable bonds is 6. The number of likely N-dealkylation sites (N-methyl/N-ethyl adjacent to an activating group) is 1. The van der Waals surface area contributed by atoms with Crippen LogP contribution in [0.25, 0.3) is 0 Å². The molecule has 0 aliphatic carbocycles. The Morgan fingerprint density at radius 2 is 1.62 bits per heavy atom. The molecule has 29 heavy (non-hydrogen) atoms.